The van der Waals surface area contributed by atoms with E-state index in [9.17, 15) is 8.78 Å². The lowest BCUT2D eigenvalue weighted by atomic mass is 10.1. The molecule has 0 amide bonds. The normalized spacial score (nSPS) is 17.6. The van der Waals surface area contributed by atoms with Crippen LogP contribution in [0.1, 0.15) is 38.7 Å². The molecule has 0 spiro atoms. The number of rotatable bonds is 11. The van der Waals surface area contributed by atoms with E-state index in [2.05, 4.69) is 32.2 Å². The second kappa shape index (κ2) is 12.5. The zero-order valence-corrected chi connectivity index (χ0v) is 17.7. The molecule has 1 saturated heterocycles. The molecule has 1 fully saturated rings. The number of halogens is 2. The fourth-order valence-corrected chi connectivity index (χ4v) is 3.44. The molecule has 1 aromatic carbocycles. The zero-order chi connectivity index (χ0) is 21.1. The van der Waals surface area contributed by atoms with Crippen LogP contribution in [0.5, 0.6) is 11.5 Å². The first-order valence-electron chi connectivity index (χ1n) is 10.4. The lowest BCUT2D eigenvalue weighted by Crippen LogP contribution is -2.40. The third-order valence-electron chi connectivity index (χ3n) is 4.87. The van der Waals surface area contributed by atoms with Gasteiger partial charge in [-0.2, -0.15) is 8.78 Å². The fraction of sp³-hybridized carbons (Fsp3) is 0.667. The van der Waals surface area contributed by atoms with E-state index in [1.807, 2.05) is 6.92 Å². The molecule has 0 radical (unpaired) electrons. The maximum atomic E-state index is 12.8. The van der Waals surface area contributed by atoms with Crippen LogP contribution in [0.25, 0.3) is 0 Å². The molecule has 1 atom stereocenters. The highest BCUT2D eigenvalue weighted by molar-refractivity contribution is 5.79. The van der Waals surface area contributed by atoms with E-state index < -0.39 is 6.61 Å². The maximum absolute atomic E-state index is 12.8. The molecule has 0 aromatic heterocycles. The van der Waals surface area contributed by atoms with Crippen LogP contribution in [0.15, 0.2) is 23.2 Å². The first-order valence-corrected chi connectivity index (χ1v) is 10.4. The van der Waals surface area contributed by atoms with E-state index in [4.69, 9.17) is 4.74 Å². The monoisotopic (exact) mass is 412 g/mol. The first-order chi connectivity index (χ1) is 14.0. The molecule has 2 N–H and O–H groups in total. The van der Waals surface area contributed by atoms with Gasteiger partial charge in [0.25, 0.3) is 0 Å². The van der Waals surface area contributed by atoms with Gasteiger partial charge in [0.1, 0.15) is 11.5 Å². The molecule has 8 heteroatoms. The summed E-state index contributed by atoms with van der Waals surface area (Å²) in [5, 5.41) is 6.52. The van der Waals surface area contributed by atoms with Crippen molar-refractivity contribution < 1.29 is 18.3 Å². The van der Waals surface area contributed by atoms with E-state index in [0.29, 0.717) is 36.3 Å². The lowest BCUT2D eigenvalue weighted by molar-refractivity contribution is -0.0505. The molecule has 6 nitrogen and oxygen atoms in total. The minimum Gasteiger partial charge on any atom is -0.493 e. The number of nitrogens with one attached hydrogen (secondary N) is 2. The summed E-state index contributed by atoms with van der Waals surface area (Å²) in [6, 6.07) is 5.01. The van der Waals surface area contributed by atoms with Crippen molar-refractivity contribution in [1.29, 1.82) is 0 Å². The van der Waals surface area contributed by atoms with Crippen LogP contribution in [-0.2, 0) is 6.54 Å². The van der Waals surface area contributed by atoms with Crippen LogP contribution in [0.4, 0.5) is 8.78 Å². The molecule has 1 unspecified atom stereocenters. The Bertz CT molecular complexity index is 643. The molecule has 29 heavy (non-hydrogen) atoms. The van der Waals surface area contributed by atoms with Gasteiger partial charge in [-0.3, -0.25) is 4.99 Å². The third-order valence-corrected chi connectivity index (χ3v) is 4.87. The van der Waals surface area contributed by atoms with Gasteiger partial charge in [0.05, 0.1) is 6.61 Å². The van der Waals surface area contributed by atoms with Crippen molar-refractivity contribution in [3.05, 3.63) is 23.8 Å². The highest BCUT2D eigenvalue weighted by Crippen LogP contribution is 2.26. The smallest absolute Gasteiger partial charge is 0.387 e. The second-order valence-electron chi connectivity index (χ2n) is 7.26. The van der Waals surface area contributed by atoms with Crippen molar-refractivity contribution >= 4 is 5.96 Å². The van der Waals surface area contributed by atoms with Crippen molar-refractivity contribution in [3.8, 4) is 11.5 Å². The van der Waals surface area contributed by atoms with Gasteiger partial charge in [0.2, 0.25) is 0 Å². The molecule has 2 rings (SSSR count). The Kier molecular flexibility index (Phi) is 9.97. The third kappa shape index (κ3) is 8.04. The number of hydrogen-bond acceptors (Lipinski definition) is 4. The predicted octanol–water partition coefficient (Wildman–Crippen LogP) is 3.47. The highest BCUT2D eigenvalue weighted by Gasteiger charge is 2.21. The Morgan fingerprint density at radius 3 is 2.79 bits per heavy atom. The molecule has 1 aromatic rings. The number of hydrogen-bond donors (Lipinski definition) is 2. The van der Waals surface area contributed by atoms with Crippen molar-refractivity contribution in [2.45, 2.75) is 46.3 Å². The Balaban J connectivity index is 1.89. The summed E-state index contributed by atoms with van der Waals surface area (Å²) in [5.41, 5.74) is 0.618. The second-order valence-corrected chi connectivity index (χ2v) is 7.26. The van der Waals surface area contributed by atoms with E-state index in [0.717, 1.165) is 32.6 Å². The highest BCUT2D eigenvalue weighted by atomic mass is 19.3. The van der Waals surface area contributed by atoms with Gasteiger partial charge >= 0.3 is 6.61 Å². The number of likely N-dealkylation sites (tertiary alicyclic amines) is 1. The van der Waals surface area contributed by atoms with Gasteiger partial charge < -0.3 is 25.0 Å². The maximum Gasteiger partial charge on any atom is 0.387 e. The number of alkyl halides is 2. The topological polar surface area (TPSA) is 58.1 Å². The molecular weight excluding hydrogens is 378 g/mol. The van der Waals surface area contributed by atoms with Crippen molar-refractivity contribution in [3.63, 3.8) is 0 Å². The van der Waals surface area contributed by atoms with Gasteiger partial charge in [0, 0.05) is 38.3 Å². The molecule has 0 aliphatic carbocycles. The molecule has 1 aliphatic heterocycles. The van der Waals surface area contributed by atoms with Gasteiger partial charge in [-0.15, -0.1) is 0 Å². The number of guanidine groups is 1. The summed E-state index contributed by atoms with van der Waals surface area (Å²) in [7, 11) is 1.70. The molecule has 1 heterocycles. The van der Waals surface area contributed by atoms with E-state index in [1.165, 1.54) is 18.9 Å². The van der Waals surface area contributed by atoms with Crippen LogP contribution in [0, 0.1) is 5.92 Å². The fourth-order valence-electron chi connectivity index (χ4n) is 3.44. The molecular formula is C21H34F2N4O2. The van der Waals surface area contributed by atoms with Crippen molar-refractivity contribution in [1.82, 2.24) is 15.5 Å². The number of ether oxygens (including phenoxy) is 2. The summed E-state index contributed by atoms with van der Waals surface area (Å²) >= 11 is 0. The molecule has 0 bridgehead atoms. The number of aliphatic imine (C=N–C) groups is 1. The van der Waals surface area contributed by atoms with Crippen LogP contribution < -0.4 is 20.1 Å². The average Bonchev–Trinajstić information content (AvgIpc) is 3.15. The van der Waals surface area contributed by atoms with E-state index >= 15 is 0 Å². The van der Waals surface area contributed by atoms with E-state index in [1.54, 1.807) is 19.2 Å². The van der Waals surface area contributed by atoms with Gasteiger partial charge in [0.15, 0.2) is 5.96 Å². The van der Waals surface area contributed by atoms with Crippen molar-refractivity contribution in [2.24, 2.45) is 10.9 Å². The largest absolute Gasteiger partial charge is 0.493 e. The van der Waals surface area contributed by atoms with Gasteiger partial charge in [-0.1, -0.05) is 13.8 Å². The predicted molar refractivity (Wildman–Crippen MR) is 112 cm³/mol. The average molecular weight is 413 g/mol. The molecule has 0 saturated carbocycles. The SMILES string of the molecule is CCCOc1ccc(CNC(=NC)NCC2CCN(CCC)C2)c(OC(F)F)c1. The van der Waals surface area contributed by atoms with Crippen LogP contribution in [-0.4, -0.2) is 57.3 Å². The zero-order valence-electron chi connectivity index (χ0n) is 17.7. The van der Waals surface area contributed by atoms with Gasteiger partial charge in [-0.25, -0.2) is 0 Å². The quantitative estimate of drug-likeness (QED) is 0.431. The molecule has 1 aliphatic rings. The lowest BCUT2D eigenvalue weighted by Gasteiger charge is -2.18. The Labute approximate surface area is 172 Å². The summed E-state index contributed by atoms with van der Waals surface area (Å²) in [6.45, 7) is 6.38. The standard InChI is InChI=1S/C21H34F2N4O2/c1-4-9-27-10-8-16(15-27)13-25-21(24-3)26-14-17-6-7-18(28-11-5-2)12-19(17)29-20(22)23/h6-7,12,16,20H,4-5,8-11,13-15H2,1-3H3,(H2,24,25,26). The summed E-state index contributed by atoms with van der Waals surface area (Å²) in [5.74, 6) is 1.87. The first kappa shape index (κ1) is 23.2. The number of nitrogens with zero attached hydrogens (tertiary/aromatic N) is 2. The molecule has 164 valence electrons. The summed E-state index contributed by atoms with van der Waals surface area (Å²) in [4.78, 5) is 6.72. The number of benzene rings is 1. The minimum atomic E-state index is -2.89. The van der Waals surface area contributed by atoms with Crippen LogP contribution >= 0.6 is 0 Å². The Morgan fingerprint density at radius 1 is 1.28 bits per heavy atom. The summed E-state index contributed by atoms with van der Waals surface area (Å²) in [6.07, 6.45) is 3.19. The Morgan fingerprint density at radius 2 is 2.10 bits per heavy atom. The Hall–Kier alpha value is -2.09. The van der Waals surface area contributed by atoms with Crippen LogP contribution in [0.2, 0.25) is 0 Å². The van der Waals surface area contributed by atoms with E-state index in [-0.39, 0.29) is 5.75 Å². The van der Waals surface area contributed by atoms with Gasteiger partial charge in [-0.05, 0) is 50.4 Å². The minimum absolute atomic E-state index is 0.113. The summed E-state index contributed by atoms with van der Waals surface area (Å²) < 4.78 is 35.8. The van der Waals surface area contributed by atoms with Crippen molar-refractivity contribution in [2.75, 3.05) is 39.8 Å². The van der Waals surface area contributed by atoms with Crippen LogP contribution in [0.3, 0.4) is 0 Å².